The van der Waals surface area contributed by atoms with Crippen LogP contribution in [0.3, 0.4) is 0 Å². The first kappa shape index (κ1) is 14.7. The third-order valence-electron chi connectivity index (χ3n) is 3.75. The quantitative estimate of drug-likeness (QED) is 0.835. The van der Waals surface area contributed by atoms with Crippen molar-refractivity contribution < 1.29 is 4.79 Å². The van der Waals surface area contributed by atoms with E-state index in [1.54, 1.807) is 19.4 Å². The highest BCUT2D eigenvalue weighted by Crippen LogP contribution is 2.21. The average molecular weight is 277 g/mol. The molecule has 1 amide bonds. The Morgan fingerprint density at radius 2 is 2.25 bits per heavy atom. The van der Waals surface area contributed by atoms with Crippen molar-refractivity contribution in [2.75, 3.05) is 32.4 Å². The molecular weight excluding hydrogens is 254 g/mol. The molecule has 110 valence electrons. The van der Waals surface area contributed by atoms with Crippen molar-refractivity contribution >= 4 is 11.7 Å². The molecule has 1 aliphatic heterocycles. The van der Waals surface area contributed by atoms with Gasteiger partial charge in [-0.05, 0) is 38.6 Å². The molecule has 1 fully saturated rings. The summed E-state index contributed by atoms with van der Waals surface area (Å²) in [5.74, 6) is 1.22. The highest BCUT2D eigenvalue weighted by atomic mass is 16.2. The standard InChI is InChI=1S/C14H23N5O/c1-16-10-14(20)19-5-2-3-11(4-6-19)7-12-8-18-13(15)9-17-12/h8-9,11,16H,2-7,10H2,1H3,(H2,15,18)/t11-/m1/s1. The number of hydrogen-bond acceptors (Lipinski definition) is 5. The number of nitrogen functional groups attached to an aromatic ring is 1. The van der Waals surface area contributed by atoms with Crippen LogP contribution in [0.25, 0.3) is 0 Å². The van der Waals surface area contributed by atoms with Crippen LogP contribution in [0.1, 0.15) is 25.0 Å². The molecule has 1 saturated heterocycles. The van der Waals surface area contributed by atoms with Crippen LogP contribution in [0.2, 0.25) is 0 Å². The smallest absolute Gasteiger partial charge is 0.236 e. The molecule has 20 heavy (non-hydrogen) atoms. The molecule has 1 aliphatic rings. The monoisotopic (exact) mass is 277 g/mol. The summed E-state index contributed by atoms with van der Waals surface area (Å²) in [5, 5.41) is 2.92. The Bertz CT molecular complexity index is 434. The van der Waals surface area contributed by atoms with Gasteiger partial charge in [-0.25, -0.2) is 4.98 Å². The first-order valence-electron chi connectivity index (χ1n) is 7.18. The molecule has 1 atom stereocenters. The number of nitrogens with two attached hydrogens (primary N) is 1. The van der Waals surface area contributed by atoms with Gasteiger partial charge < -0.3 is 16.0 Å². The largest absolute Gasteiger partial charge is 0.382 e. The molecule has 6 heteroatoms. The number of aromatic nitrogens is 2. The van der Waals surface area contributed by atoms with Gasteiger partial charge in [0.2, 0.25) is 5.91 Å². The van der Waals surface area contributed by atoms with Crippen LogP contribution in [-0.2, 0) is 11.2 Å². The molecule has 0 aromatic carbocycles. The third kappa shape index (κ3) is 4.16. The molecule has 0 saturated carbocycles. The van der Waals surface area contributed by atoms with Crippen molar-refractivity contribution in [3.8, 4) is 0 Å². The maximum absolute atomic E-state index is 11.9. The highest BCUT2D eigenvalue weighted by molar-refractivity contribution is 5.78. The van der Waals surface area contributed by atoms with Gasteiger partial charge in [0.25, 0.3) is 0 Å². The molecule has 0 radical (unpaired) electrons. The molecule has 0 unspecified atom stereocenters. The average Bonchev–Trinajstić information content (AvgIpc) is 2.67. The number of anilines is 1. The first-order valence-corrected chi connectivity index (χ1v) is 7.18. The lowest BCUT2D eigenvalue weighted by molar-refractivity contribution is -0.130. The Balaban J connectivity index is 1.86. The molecular formula is C14H23N5O. The van der Waals surface area contributed by atoms with Gasteiger partial charge in [0, 0.05) is 13.1 Å². The van der Waals surface area contributed by atoms with E-state index in [4.69, 9.17) is 5.73 Å². The predicted molar refractivity (Wildman–Crippen MR) is 78.0 cm³/mol. The number of likely N-dealkylation sites (N-methyl/N-ethyl adjacent to an activating group) is 1. The van der Waals surface area contributed by atoms with E-state index in [0.717, 1.165) is 44.5 Å². The summed E-state index contributed by atoms with van der Waals surface area (Å²) in [6.07, 6.45) is 7.50. The Labute approximate surface area is 119 Å². The second-order valence-electron chi connectivity index (χ2n) is 5.34. The van der Waals surface area contributed by atoms with Gasteiger partial charge in [0.1, 0.15) is 5.82 Å². The number of nitrogens with one attached hydrogen (secondary N) is 1. The Morgan fingerprint density at radius 1 is 1.40 bits per heavy atom. The minimum atomic E-state index is 0.195. The van der Waals surface area contributed by atoms with E-state index in [2.05, 4.69) is 15.3 Å². The molecule has 1 aromatic rings. The van der Waals surface area contributed by atoms with Crippen LogP contribution in [-0.4, -0.2) is 47.5 Å². The number of nitrogens with zero attached hydrogens (tertiary/aromatic N) is 3. The fourth-order valence-electron chi connectivity index (χ4n) is 2.65. The maximum atomic E-state index is 11.9. The van der Waals surface area contributed by atoms with E-state index in [1.165, 1.54) is 0 Å². The predicted octanol–water partition coefficient (Wildman–Crippen LogP) is 0.449. The van der Waals surface area contributed by atoms with E-state index in [1.807, 2.05) is 4.90 Å². The fourth-order valence-corrected chi connectivity index (χ4v) is 2.65. The molecule has 1 aromatic heterocycles. The molecule has 3 N–H and O–H groups in total. The molecule has 0 aliphatic carbocycles. The zero-order valence-corrected chi connectivity index (χ0v) is 12.0. The van der Waals surface area contributed by atoms with Crippen LogP contribution in [0.5, 0.6) is 0 Å². The van der Waals surface area contributed by atoms with Gasteiger partial charge in [0.15, 0.2) is 0 Å². The summed E-state index contributed by atoms with van der Waals surface area (Å²) in [6, 6.07) is 0. The lowest BCUT2D eigenvalue weighted by atomic mass is 9.95. The minimum absolute atomic E-state index is 0.195. The van der Waals surface area contributed by atoms with Crippen LogP contribution >= 0.6 is 0 Å². The van der Waals surface area contributed by atoms with Gasteiger partial charge in [0.05, 0.1) is 24.6 Å². The molecule has 2 rings (SSSR count). The van der Waals surface area contributed by atoms with Crippen molar-refractivity contribution in [1.82, 2.24) is 20.2 Å². The third-order valence-corrected chi connectivity index (χ3v) is 3.75. The van der Waals surface area contributed by atoms with Crippen LogP contribution in [0.4, 0.5) is 5.82 Å². The van der Waals surface area contributed by atoms with Gasteiger partial charge >= 0.3 is 0 Å². The fraction of sp³-hybridized carbons (Fsp3) is 0.643. The van der Waals surface area contributed by atoms with Crippen molar-refractivity contribution in [3.05, 3.63) is 18.1 Å². The van der Waals surface area contributed by atoms with E-state index in [0.29, 0.717) is 18.3 Å². The number of rotatable bonds is 4. The number of carbonyl (C=O) groups is 1. The van der Waals surface area contributed by atoms with E-state index in [9.17, 15) is 4.79 Å². The van der Waals surface area contributed by atoms with Gasteiger partial charge in [-0.2, -0.15) is 0 Å². The van der Waals surface area contributed by atoms with Crippen molar-refractivity contribution in [2.24, 2.45) is 5.92 Å². The zero-order chi connectivity index (χ0) is 14.4. The van der Waals surface area contributed by atoms with E-state index >= 15 is 0 Å². The second kappa shape index (κ2) is 7.19. The Morgan fingerprint density at radius 3 is 2.95 bits per heavy atom. The van der Waals surface area contributed by atoms with Crippen LogP contribution < -0.4 is 11.1 Å². The van der Waals surface area contributed by atoms with Crippen molar-refractivity contribution in [2.45, 2.75) is 25.7 Å². The topological polar surface area (TPSA) is 84.1 Å². The SMILES string of the molecule is CNCC(=O)N1CCC[C@@H](Cc2cnc(N)cn2)CC1. The molecule has 2 heterocycles. The van der Waals surface area contributed by atoms with E-state index < -0.39 is 0 Å². The molecule has 6 nitrogen and oxygen atoms in total. The van der Waals surface area contributed by atoms with E-state index in [-0.39, 0.29) is 5.91 Å². The summed E-state index contributed by atoms with van der Waals surface area (Å²) in [5.41, 5.74) is 6.53. The summed E-state index contributed by atoms with van der Waals surface area (Å²) in [6.45, 7) is 2.13. The molecule has 0 bridgehead atoms. The maximum Gasteiger partial charge on any atom is 0.236 e. The van der Waals surface area contributed by atoms with Crippen LogP contribution in [0, 0.1) is 5.92 Å². The van der Waals surface area contributed by atoms with Crippen molar-refractivity contribution in [3.63, 3.8) is 0 Å². The van der Waals surface area contributed by atoms with Crippen LogP contribution in [0.15, 0.2) is 12.4 Å². The second-order valence-corrected chi connectivity index (χ2v) is 5.34. The minimum Gasteiger partial charge on any atom is -0.382 e. The summed E-state index contributed by atoms with van der Waals surface area (Å²) in [7, 11) is 1.80. The van der Waals surface area contributed by atoms with Gasteiger partial charge in [-0.3, -0.25) is 9.78 Å². The zero-order valence-electron chi connectivity index (χ0n) is 12.0. The van der Waals surface area contributed by atoms with Crippen molar-refractivity contribution in [1.29, 1.82) is 0 Å². The van der Waals surface area contributed by atoms with Gasteiger partial charge in [-0.1, -0.05) is 0 Å². The first-order chi connectivity index (χ1) is 9.69. The molecule has 0 spiro atoms. The number of amides is 1. The summed E-state index contributed by atoms with van der Waals surface area (Å²) >= 11 is 0. The number of likely N-dealkylation sites (tertiary alicyclic amines) is 1. The lowest BCUT2D eigenvalue weighted by Crippen LogP contribution is -2.37. The lowest BCUT2D eigenvalue weighted by Gasteiger charge is -2.20. The highest BCUT2D eigenvalue weighted by Gasteiger charge is 2.20. The summed E-state index contributed by atoms with van der Waals surface area (Å²) in [4.78, 5) is 22.2. The number of hydrogen-bond donors (Lipinski definition) is 2. The Hall–Kier alpha value is -1.69. The Kier molecular flexibility index (Phi) is 5.29. The summed E-state index contributed by atoms with van der Waals surface area (Å²) < 4.78 is 0. The number of carbonyl (C=O) groups excluding carboxylic acids is 1. The normalized spacial score (nSPS) is 19.6. The van der Waals surface area contributed by atoms with Gasteiger partial charge in [-0.15, -0.1) is 0 Å².